The van der Waals surface area contributed by atoms with Crippen LogP contribution in [0.4, 0.5) is 5.82 Å². The van der Waals surface area contributed by atoms with Crippen LogP contribution in [0.2, 0.25) is 0 Å². The van der Waals surface area contributed by atoms with Crippen LogP contribution in [0.3, 0.4) is 0 Å². The topological polar surface area (TPSA) is 45.7 Å². The molecule has 1 aliphatic carbocycles. The number of aromatic nitrogens is 1. The molecule has 0 radical (unpaired) electrons. The molecule has 0 unspecified atom stereocenters. The Morgan fingerprint density at radius 1 is 1.19 bits per heavy atom. The van der Waals surface area contributed by atoms with Gasteiger partial charge in [0.1, 0.15) is 17.1 Å². The molecule has 2 aliphatic heterocycles. The molecule has 5 nitrogen and oxygen atoms in total. The Morgan fingerprint density at radius 3 is 2.89 bits per heavy atom. The zero-order valence-electron chi connectivity index (χ0n) is 16.0. The fourth-order valence-electron chi connectivity index (χ4n) is 4.84. The summed E-state index contributed by atoms with van der Waals surface area (Å²) in [7, 11) is 1.68. The van der Waals surface area contributed by atoms with Crippen molar-refractivity contribution in [3.8, 4) is 5.75 Å². The highest BCUT2D eigenvalue weighted by molar-refractivity contribution is 5.87. The maximum Gasteiger partial charge on any atom is 0.230 e. The summed E-state index contributed by atoms with van der Waals surface area (Å²) >= 11 is 0. The van der Waals surface area contributed by atoms with E-state index in [1.54, 1.807) is 7.11 Å². The van der Waals surface area contributed by atoms with Gasteiger partial charge in [0.15, 0.2) is 0 Å². The monoisotopic (exact) mass is 365 g/mol. The minimum Gasteiger partial charge on any atom is -0.494 e. The van der Waals surface area contributed by atoms with E-state index in [1.807, 2.05) is 12.1 Å². The van der Waals surface area contributed by atoms with E-state index in [9.17, 15) is 4.79 Å². The van der Waals surface area contributed by atoms with Gasteiger partial charge in [-0.1, -0.05) is 12.1 Å². The standard InChI is InChI=1S/C22H27N3O2/c1-27-18-5-2-4-17-8-9-19(23-20(17)18)25-13-11-22(15-25)10-3-12-24(21(22)26)14-16-6-7-16/h2,4-5,8-9,16H,3,6-7,10-15H2,1H3/t22-/m1/s1. The van der Waals surface area contributed by atoms with Crippen LogP contribution in [0.25, 0.3) is 10.9 Å². The van der Waals surface area contributed by atoms with Crippen molar-refractivity contribution in [1.29, 1.82) is 0 Å². The fraction of sp³-hybridized carbons (Fsp3) is 0.545. The van der Waals surface area contributed by atoms with E-state index < -0.39 is 0 Å². The molecule has 0 bridgehead atoms. The number of rotatable bonds is 4. The number of carbonyl (C=O) groups excluding carboxylic acids is 1. The molecule has 1 spiro atoms. The van der Waals surface area contributed by atoms with Gasteiger partial charge >= 0.3 is 0 Å². The van der Waals surface area contributed by atoms with Gasteiger partial charge in [0.2, 0.25) is 5.91 Å². The number of para-hydroxylation sites is 1. The first-order valence-corrected chi connectivity index (χ1v) is 10.2. The van der Waals surface area contributed by atoms with Gasteiger partial charge in [0.05, 0.1) is 12.5 Å². The number of amides is 1. The second-order valence-electron chi connectivity index (χ2n) is 8.45. The Labute approximate surface area is 160 Å². The zero-order valence-corrected chi connectivity index (χ0v) is 16.0. The number of fused-ring (bicyclic) bond motifs is 1. The number of ether oxygens (including phenoxy) is 1. The predicted octanol–water partition coefficient (Wildman–Crippen LogP) is 3.47. The number of piperidine rings is 1. The second-order valence-corrected chi connectivity index (χ2v) is 8.45. The lowest BCUT2D eigenvalue weighted by Crippen LogP contribution is -2.50. The molecule has 0 N–H and O–H groups in total. The first-order chi connectivity index (χ1) is 13.2. The normalized spacial score (nSPS) is 25.6. The van der Waals surface area contributed by atoms with Crippen LogP contribution >= 0.6 is 0 Å². The number of nitrogens with zero attached hydrogens (tertiary/aromatic N) is 3. The van der Waals surface area contributed by atoms with Crippen LogP contribution in [0.1, 0.15) is 32.1 Å². The van der Waals surface area contributed by atoms with E-state index in [4.69, 9.17) is 9.72 Å². The van der Waals surface area contributed by atoms with E-state index in [-0.39, 0.29) is 5.41 Å². The Morgan fingerprint density at radius 2 is 2.07 bits per heavy atom. The van der Waals surface area contributed by atoms with Gasteiger partial charge in [-0.05, 0) is 56.2 Å². The van der Waals surface area contributed by atoms with Gasteiger partial charge in [0.25, 0.3) is 0 Å². The number of hydrogen-bond donors (Lipinski definition) is 0. The van der Waals surface area contributed by atoms with Crippen molar-refractivity contribution >= 4 is 22.6 Å². The average molecular weight is 365 g/mol. The summed E-state index contributed by atoms with van der Waals surface area (Å²) in [6.45, 7) is 3.62. The molecule has 5 rings (SSSR count). The number of pyridine rings is 1. The molecule has 3 fully saturated rings. The van der Waals surface area contributed by atoms with Gasteiger partial charge in [0, 0.05) is 31.6 Å². The van der Waals surface area contributed by atoms with E-state index in [0.717, 1.165) is 73.8 Å². The predicted molar refractivity (Wildman–Crippen MR) is 106 cm³/mol. The van der Waals surface area contributed by atoms with Crippen molar-refractivity contribution < 1.29 is 9.53 Å². The number of methoxy groups -OCH3 is 1. The van der Waals surface area contributed by atoms with Crippen molar-refractivity contribution in [3.63, 3.8) is 0 Å². The summed E-state index contributed by atoms with van der Waals surface area (Å²) in [5, 5.41) is 1.08. The largest absolute Gasteiger partial charge is 0.494 e. The minimum atomic E-state index is -0.204. The Kier molecular flexibility index (Phi) is 3.99. The maximum absolute atomic E-state index is 13.3. The Balaban J connectivity index is 1.40. The molecule has 3 aliphatic rings. The summed E-state index contributed by atoms with van der Waals surface area (Å²) in [5.74, 6) is 2.90. The third-order valence-corrected chi connectivity index (χ3v) is 6.57. The highest BCUT2D eigenvalue weighted by atomic mass is 16.5. The van der Waals surface area contributed by atoms with Crippen molar-refractivity contribution in [2.24, 2.45) is 11.3 Å². The van der Waals surface area contributed by atoms with Crippen LogP contribution < -0.4 is 9.64 Å². The third kappa shape index (κ3) is 2.93. The lowest BCUT2D eigenvalue weighted by molar-refractivity contribution is -0.145. The van der Waals surface area contributed by atoms with E-state index in [1.165, 1.54) is 12.8 Å². The van der Waals surface area contributed by atoms with Crippen molar-refractivity contribution in [1.82, 2.24) is 9.88 Å². The fourth-order valence-corrected chi connectivity index (χ4v) is 4.84. The molecule has 3 heterocycles. The van der Waals surface area contributed by atoms with Crippen molar-refractivity contribution in [2.75, 3.05) is 38.2 Å². The van der Waals surface area contributed by atoms with Gasteiger partial charge < -0.3 is 14.5 Å². The lowest BCUT2D eigenvalue weighted by atomic mass is 9.78. The summed E-state index contributed by atoms with van der Waals surface area (Å²) in [5.41, 5.74) is 0.689. The van der Waals surface area contributed by atoms with E-state index in [2.05, 4.69) is 28.0 Å². The maximum atomic E-state index is 13.3. The number of anilines is 1. The summed E-state index contributed by atoms with van der Waals surface area (Å²) < 4.78 is 5.49. The SMILES string of the molecule is COc1cccc2ccc(N3CC[C@]4(CCCN(CC5CC5)C4=O)C3)nc12. The second kappa shape index (κ2) is 6.39. The molecular weight excluding hydrogens is 338 g/mol. The molecule has 1 aromatic heterocycles. The summed E-state index contributed by atoms with van der Waals surface area (Å²) in [6.07, 6.45) is 5.68. The zero-order chi connectivity index (χ0) is 18.4. The molecule has 1 aromatic carbocycles. The first kappa shape index (κ1) is 16.8. The molecule has 5 heteroatoms. The molecule has 2 aromatic rings. The van der Waals surface area contributed by atoms with E-state index in [0.29, 0.717) is 5.91 Å². The third-order valence-electron chi connectivity index (χ3n) is 6.57. The average Bonchev–Trinajstić information content (AvgIpc) is 3.42. The number of benzene rings is 1. The molecule has 2 saturated heterocycles. The smallest absolute Gasteiger partial charge is 0.230 e. The van der Waals surface area contributed by atoms with Crippen LogP contribution in [0, 0.1) is 11.3 Å². The molecule has 1 amide bonds. The van der Waals surface area contributed by atoms with Crippen molar-refractivity contribution in [2.45, 2.75) is 32.1 Å². The quantitative estimate of drug-likeness (QED) is 0.832. The number of carbonyl (C=O) groups is 1. The summed E-state index contributed by atoms with van der Waals surface area (Å²) in [4.78, 5) is 22.6. The molecular formula is C22H27N3O2. The van der Waals surface area contributed by atoms with E-state index >= 15 is 0 Å². The van der Waals surface area contributed by atoms with Crippen molar-refractivity contribution in [3.05, 3.63) is 30.3 Å². The molecule has 142 valence electrons. The Hall–Kier alpha value is -2.30. The van der Waals surface area contributed by atoms with Gasteiger partial charge in [-0.2, -0.15) is 0 Å². The molecule has 1 atom stereocenters. The van der Waals surface area contributed by atoms with Crippen LogP contribution in [-0.2, 0) is 4.79 Å². The highest BCUT2D eigenvalue weighted by Gasteiger charge is 2.49. The lowest BCUT2D eigenvalue weighted by Gasteiger charge is -2.39. The number of likely N-dealkylation sites (tertiary alicyclic amines) is 1. The van der Waals surface area contributed by atoms with Gasteiger partial charge in [-0.25, -0.2) is 4.98 Å². The van der Waals surface area contributed by atoms with Crippen LogP contribution in [-0.4, -0.2) is 49.1 Å². The summed E-state index contributed by atoms with van der Waals surface area (Å²) in [6, 6.07) is 10.2. The van der Waals surface area contributed by atoms with Crippen LogP contribution in [0.15, 0.2) is 30.3 Å². The minimum absolute atomic E-state index is 0.204. The van der Waals surface area contributed by atoms with Gasteiger partial charge in [-0.15, -0.1) is 0 Å². The highest BCUT2D eigenvalue weighted by Crippen LogP contribution is 2.43. The molecule has 1 saturated carbocycles. The van der Waals surface area contributed by atoms with Crippen LogP contribution in [0.5, 0.6) is 5.75 Å². The Bertz CT molecular complexity index is 879. The number of hydrogen-bond acceptors (Lipinski definition) is 4. The first-order valence-electron chi connectivity index (χ1n) is 10.2. The molecule has 27 heavy (non-hydrogen) atoms. The van der Waals surface area contributed by atoms with Gasteiger partial charge in [-0.3, -0.25) is 4.79 Å².